The molecule has 1 aliphatic rings. The molecule has 0 radical (unpaired) electrons. The lowest BCUT2D eigenvalue weighted by molar-refractivity contribution is -0.115. The average molecular weight is 389 g/mol. The molecule has 2 aromatic rings. The lowest BCUT2D eigenvalue weighted by Gasteiger charge is -2.16. The van der Waals surface area contributed by atoms with Crippen LogP contribution in [0.2, 0.25) is 5.02 Å². The number of anilines is 1. The molecule has 1 fully saturated rings. The summed E-state index contributed by atoms with van der Waals surface area (Å²) < 4.78 is 0. The number of thioether (sulfide) groups is 1. The Morgan fingerprint density at radius 2 is 1.81 bits per heavy atom. The number of benzene rings is 2. The van der Waals surface area contributed by atoms with Crippen LogP contribution in [0, 0.1) is 0 Å². The molecule has 26 heavy (non-hydrogen) atoms. The summed E-state index contributed by atoms with van der Waals surface area (Å²) >= 11 is 7.35. The van der Waals surface area contributed by atoms with Crippen LogP contribution >= 0.6 is 23.4 Å². The maximum Gasteiger partial charge on any atom is 0.253 e. The molecule has 1 N–H and O–H groups in total. The van der Waals surface area contributed by atoms with E-state index in [0.29, 0.717) is 16.3 Å². The number of hydrogen-bond donors (Lipinski definition) is 1. The van der Waals surface area contributed by atoms with Gasteiger partial charge in [0.25, 0.3) is 5.91 Å². The molecule has 1 heterocycles. The van der Waals surface area contributed by atoms with Crippen LogP contribution in [0.15, 0.2) is 53.4 Å². The predicted octanol–water partition coefficient (Wildman–Crippen LogP) is 4.70. The van der Waals surface area contributed by atoms with Crippen molar-refractivity contribution >= 4 is 40.9 Å². The average Bonchev–Trinajstić information content (AvgIpc) is 3.18. The van der Waals surface area contributed by atoms with Gasteiger partial charge in [0.15, 0.2) is 0 Å². The number of hydrogen-bond acceptors (Lipinski definition) is 3. The number of rotatable bonds is 5. The Morgan fingerprint density at radius 3 is 2.50 bits per heavy atom. The highest BCUT2D eigenvalue weighted by Crippen LogP contribution is 2.26. The summed E-state index contributed by atoms with van der Waals surface area (Å²) in [6.07, 6.45) is 2.11. The van der Waals surface area contributed by atoms with Gasteiger partial charge in [-0.3, -0.25) is 9.59 Å². The predicted molar refractivity (Wildman–Crippen MR) is 107 cm³/mol. The standard InChI is InChI=1S/C20H21ClN2O2S/c1-14(26-18-9-7-16(21)8-10-18)19(24)22-17-6-4-5-15(13-17)20(25)23-11-2-3-12-23/h4-10,13-14H,2-3,11-12H2,1H3,(H,22,24). The minimum atomic E-state index is -0.269. The molecule has 1 aliphatic heterocycles. The Morgan fingerprint density at radius 1 is 1.12 bits per heavy atom. The molecule has 1 unspecified atom stereocenters. The number of halogens is 1. The second-order valence-corrected chi connectivity index (χ2v) is 8.13. The molecule has 3 rings (SSSR count). The quantitative estimate of drug-likeness (QED) is 0.755. The van der Waals surface area contributed by atoms with Crippen molar-refractivity contribution in [3.05, 3.63) is 59.1 Å². The third kappa shape index (κ3) is 4.80. The topological polar surface area (TPSA) is 49.4 Å². The minimum Gasteiger partial charge on any atom is -0.339 e. The third-order valence-electron chi connectivity index (χ3n) is 4.27. The fourth-order valence-corrected chi connectivity index (χ4v) is 3.84. The van der Waals surface area contributed by atoms with Gasteiger partial charge in [0.2, 0.25) is 5.91 Å². The first-order chi connectivity index (χ1) is 12.5. The molecule has 6 heteroatoms. The van der Waals surface area contributed by atoms with Crippen molar-refractivity contribution < 1.29 is 9.59 Å². The maximum absolute atomic E-state index is 12.5. The zero-order valence-electron chi connectivity index (χ0n) is 14.6. The fraction of sp³-hybridized carbons (Fsp3) is 0.300. The molecular formula is C20H21ClN2O2S. The molecule has 4 nitrogen and oxygen atoms in total. The lowest BCUT2D eigenvalue weighted by atomic mass is 10.1. The second-order valence-electron chi connectivity index (χ2n) is 6.28. The molecule has 1 atom stereocenters. The molecule has 0 aromatic heterocycles. The van der Waals surface area contributed by atoms with Gasteiger partial charge in [-0.15, -0.1) is 11.8 Å². The highest BCUT2D eigenvalue weighted by atomic mass is 35.5. The molecular weight excluding hydrogens is 368 g/mol. The van der Waals surface area contributed by atoms with E-state index in [1.54, 1.807) is 24.3 Å². The van der Waals surface area contributed by atoms with Crippen molar-refractivity contribution in [3.8, 4) is 0 Å². The van der Waals surface area contributed by atoms with Gasteiger partial charge in [-0.2, -0.15) is 0 Å². The Kier molecular flexibility index (Phi) is 6.22. The second kappa shape index (κ2) is 8.60. The van der Waals surface area contributed by atoms with E-state index in [1.807, 2.05) is 36.1 Å². The minimum absolute atomic E-state index is 0.0298. The lowest BCUT2D eigenvalue weighted by Crippen LogP contribution is -2.28. The molecule has 2 aromatic carbocycles. The van der Waals surface area contributed by atoms with Gasteiger partial charge < -0.3 is 10.2 Å². The normalized spacial score (nSPS) is 14.9. The van der Waals surface area contributed by atoms with Gasteiger partial charge in [0.1, 0.15) is 0 Å². The van der Waals surface area contributed by atoms with Crippen molar-refractivity contribution in [2.75, 3.05) is 18.4 Å². The molecule has 1 saturated heterocycles. The Labute approximate surface area is 162 Å². The summed E-state index contributed by atoms with van der Waals surface area (Å²) in [4.78, 5) is 27.8. The molecule has 0 bridgehead atoms. The van der Waals surface area contributed by atoms with Crippen molar-refractivity contribution in [2.45, 2.75) is 29.9 Å². The van der Waals surface area contributed by atoms with Crippen molar-refractivity contribution in [3.63, 3.8) is 0 Å². The van der Waals surface area contributed by atoms with Crippen LogP contribution in [0.1, 0.15) is 30.1 Å². The number of nitrogens with one attached hydrogen (secondary N) is 1. The smallest absolute Gasteiger partial charge is 0.253 e. The molecule has 0 spiro atoms. The van der Waals surface area contributed by atoms with E-state index in [0.717, 1.165) is 30.8 Å². The molecule has 0 aliphatic carbocycles. The number of carbonyl (C=O) groups is 2. The highest BCUT2D eigenvalue weighted by molar-refractivity contribution is 8.00. The van der Waals surface area contributed by atoms with E-state index >= 15 is 0 Å². The van der Waals surface area contributed by atoms with Gasteiger partial charge in [-0.1, -0.05) is 17.7 Å². The van der Waals surface area contributed by atoms with E-state index < -0.39 is 0 Å². The summed E-state index contributed by atoms with van der Waals surface area (Å²) in [5.41, 5.74) is 1.26. The highest BCUT2D eigenvalue weighted by Gasteiger charge is 2.20. The summed E-state index contributed by atoms with van der Waals surface area (Å²) in [7, 11) is 0. The first-order valence-electron chi connectivity index (χ1n) is 8.65. The van der Waals surface area contributed by atoms with Gasteiger partial charge in [0, 0.05) is 34.3 Å². The van der Waals surface area contributed by atoms with Crippen molar-refractivity contribution in [2.24, 2.45) is 0 Å². The van der Waals surface area contributed by atoms with Gasteiger partial charge in [0.05, 0.1) is 5.25 Å². The first kappa shape index (κ1) is 18.8. The van der Waals surface area contributed by atoms with Crippen LogP contribution < -0.4 is 5.32 Å². The zero-order valence-corrected chi connectivity index (χ0v) is 16.1. The Balaban J connectivity index is 1.62. The SMILES string of the molecule is CC(Sc1ccc(Cl)cc1)C(=O)Nc1cccc(C(=O)N2CCCC2)c1. The van der Waals surface area contributed by atoms with Crippen LogP contribution in [-0.4, -0.2) is 35.1 Å². The maximum atomic E-state index is 12.5. The van der Waals surface area contributed by atoms with Crippen LogP contribution in [0.5, 0.6) is 0 Å². The van der Waals surface area contributed by atoms with Gasteiger partial charge >= 0.3 is 0 Å². The number of amides is 2. The van der Waals surface area contributed by atoms with Crippen LogP contribution in [-0.2, 0) is 4.79 Å². The summed E-state index contributed by atoms with van der Waals surface area (Å²) in [6.45, 7) is 3.47. The van der Waals surface area contributed by atoms with E-state index in [4.69, 9.17) is 11.6 Å². The first-order valence-corrected chi connectivity index (χ1v) is 9.91. The fourth-order valence-electron chi connectivity index (χ4n) is 2.85. The van der Waals surface area contributed by atoms with E-state index in [9.17, 15) is 9.59 Å². The zero-order chi connectivity index (χ0) is 18.5. The monoisotopic (exact) mass is 388 g/mol. The number of nitrogens with zero attached hydrogens (tertiary/aromatic N) is 1. The Hall–Kier alpha value is -1.98. The number of carbonyl (C=O) groups excluding carboxylic acids is 2. The van der Waals surface area contributed by atoms with Crippen molar-refractivity contribution in [1.82, 2.24) is 4.90 Å². The van der Waals surface area contributed by atoms with E-state index in [-0.39, 0.29) is 17.1 Å². The largest absolute Gasteiger partial charge is 0.339 e. The van der Waals surface area contributed by atoms with Crippen LogP contribution in [0.4, 0.5) is 5.69 Å². The molecule has 136 valence electrons. The van der Waals surface area contributed by atoms with Crippen LogP contribution in [0.3, 0.4) is 0 Å². The summed E-state index contributed by atoms with van der Waals surface area (Å²) in [5.74, 6) is -0.0714. The number of likely N-dealkylation sites (tertiary alicyclic amines) is 1. The van der Waals surface area contributed by atoms with Crippen molar-refractivity contribution in [1.29, 1.82) is 0 Å². The third-order valence-corrected chi connectivity index (χ3v) is 5.63. The van der Waals surface area contributed by atoms with E-state index in [2.05, 4.69) is 5.32 Å². The van der Waals surface area contributed by atoms with Gasteiger partial charge in [-0.25, -0.2) is 0 Å². The van der Waals surface area contributed by atoms with Gasteiger partial charge in [-0.05, 0) is 62.2 Å². The summed E-state index contributed by atoms with van der Waals surface area (Å²) in [6, 6.07) is 14.6. The summed E-state index contributed by atoms with van der Waals surface area (Å²) in [5, 5.41) is 3.31. The van der Waals surface area contributed by atoms with E-state index in [1.165, 1.54) is 11.8 Å². The van der Waals surface area contributed by atoms with Crippen LogP contribution in [0.25, 0.3) is 0 Å². The molecule has 0 saturated carbocycles. The Bertz CT molecular complexity index is 789. The molecule has 2 amide bonds.